The van der Waals surface area contributed by atoms with Crippen LogP contribution in [0, 0.1) is 0 Å². The molecule has 0 aliphatic heterocycles. The van der Waals surface area contributed by atoms with Crippen molar-refractivity contribution < 1.29 is 9.90 Å². The molecule has 3 aromatic rings. The van der Waals surface area contributed by atoms with Crippen LogP contribution < -0.4 is 0 Å². The molecule has 0 radical (unpaired) electrons. The van der Waals surface area contributed by atoms with Gasteiger partial charge in [0.25, 0.3) is 0 Å². The third-order valence-corrected chi connectivity index (χ3v) is 4.15. The molecule has 0 bridgehead atoms. The Morgan fingerprint density at radius 3 is 2.50 bits per heavy atom. The van der Waals surface area contributed by atoms with Crippen molar-refractivity contribution in [2.24, 2.45) is 0 Å². The summed E-state index contributed by atoms with van der Waals surface area (Å²) in [6.45, 7) is 0. The van der Waals surface area contributed by atoms with Crippen LogP contribution in [0.25, 0.3) is 21.6 Å². The number of thiophene rings is 1. The number of halogens is 2. The van der Waals surface area contributed by atoms with Gasteiger partial charge in [-0.25, -0.2) is 14.8 Å². The first kappa shape index (κ1) is 13.3. The molecule has 0 aliphatic rings. The van der Waals surface area contributed by atoms with Crippen molar-refractivity contribution in [3.05, 3.63) is 45.4 Å². The molecular weight excluding hydrogens is 319 g/mol. The number of aromatic carboxylic acids is 1. The van der Waals surface area contributed by atoms with E-state index in [2.05, 4.69) is 9.97 Å². The molecule has 0 spiro atoms. The van der Waals surface area contributed by atoms with Crippen LogP contribution in [0.1, 0.15) is 10.4 Å². The van der Waals surface area contributed by atoms with Gasteiger partial charge in [-0.15, -0.1) is 11.3 Å². The molecule has 0 aliphatic carbocycles. The van der Waals surface area contributed by atoms with E-state index >= 15 is 0 Å². The highest BCUT2D eigenvalue weighted by Crippen LogP contribution is 2.33. The number of hydrogen-bond acceptors (Lipinski definition) is 4. The Bertz CT molecular complexity index is 815. The normalized spacial score (nSPS) is 10.9. The second-order valence-corrected chi connectivity index (χ2v) is 6.01. The summed E-state index contributed by atoms with van der Waals surface area (Å²) in [6, 6.07) is 8.02. The van der Waals surface area contributed by atoms with E-state index in [1.54, 1.807) is 18.2 Å². The molecule has 0 fully saturated rings. The maximum atomic E-state index is 10.8. The molecule has 2 heterocycles. The van der Waals surface area contributed by atoms with Crippen LogP contribution in [0.3, 0.4) is 0 Å². The molecule has 7 heteroatoms. The predicted molar refractivity (Wildman–Crippen MR) is 79.8 cm³/mol. The molecule has 4 nitrogen and oxygen atoms in total. The third kappa shape index (κ3) is 2.35. The molecule has 0 saturated heterocycles. The van der Waals surface area contributed by atoms with E-state index in [1.807, 2.05) is 0 Å². The van der Waals surface area contributed by atoms with Crippen LogP contribution in [-0.4, -0.2) is 21.0 Å². The first-order valence-corrected chi connectivity index (χ1v) is 7.08. The summed E-state index contributed by atoms with van der Waals surface area (Å²) < 4.78 is 0.592. The number of nitrogens with zero attached hydrogens (tertiary/aromatic N) is 2. The van der Waals surface area contributed by atoms with Gasteiger partial charge in [0.05, 0.1) is 15.3 Å². The van der Waals surface area contributed by atoms with E-state index in [1.165, 1.54) is 23.5 Å². The Labute approximate surface area is 127 Å². The Balaban J connectivity index is 2.11. The van der Waals surface area contributed by atoms with E-state index in [0.717, 1.165) is 0 Å². The largest absolute Gasteiger partial charge is 0.478 e. The van der Waals surface area contributed by atoms with E-state index < -0.39 is 5.97 Å². The predicted octanol–water partition coefficient (Wildman–Crippen LogP) is 4.36. The van der Waals surface area contributed by atoms with E-state index in [4.69, 9.17) is 28.3 Å². The number of benzene rings is 1. The van der Waals surface area contributed by atoms with Crippen LogP contribution >= 0.6 is 34.5 Å². The number of fused-ring (bicyclic) bond motifs is 1. The number of carbonyl (C=O) groups is 1. The number of aromatic nitrogens is 2. The van der Waals surface area contributed by atoms with Gasteiger partial charge < -0.3 is 5.11 Å². The molecule has 1 N–H and O–H groups in total. The van der Waals surface area contributed by atoms with Gasteiger partial charge in [0, 0.05) is 5.56 Å². The summed E-state index contributed by atoms with van der Waals surface area (Å²) in [7, 11) is 0. The lowest BCUT2D eigenvalue weighted by molar-refractivity contribution is 0.0697. The molecular formula is C13H6Cl2N2O2S. The van der Waals surface area contributed by atoms with Gasteiger partial charge >= 0.3 is 5.97 Å². The minimum absolute atomic E-state index is 0.208. The monoisotopic (exact) mass is 324 g/mol. The number of rotatable bonds is 2. The fourth-order valence-electron chi connectivity index (χ4n) is 1.75. The molecule has 0 unspecified atom stereocenters. The van der Waals surface area contributed by atoms with Gasteiger partial charge in [0.15, 0.2) is 5.82 Å². The molecule has 100 valence electrons. The van der Waals surface area contributed by atoms with Crippen LogP contribution in [0.15, 0.2) is 30.3 Å². The molecule has 0 amide bonds. The maximum absolute atomic E-state index is 10.8. The molecule has 0 saturated carbocycles. The number of carboxylic acid groups (broad SMARTS) is 1. The summed E-state index contributed by atoms with van der Waals surface area (Å²) in [5, 5.41) is 9.91. The third-order valence-electron chi connectivity index (χ3n) is 2.71. The zero-order valence-corrected chi connectivity index (χ0v) is 12.1. The number of hydrogen-bond donors (Lipinski definition) is 1. The minimum atomic E-state index is -0.976. The van der Waals surface area contributed by atoms with Crippen LogP contribution in [0.2, 0.25) is 9.49 Å². The lowest BCUT2D eigenvalue weighted by atomic mass is 10.1. The first-order chi connectivity index (χ1) is 9.54. The summed E-state index contributed by atoms with van der Waals surface area (Å²) in [5.74, 6) is -0.533. The topological polar surface area (TPSA) is 63.1 Å². The first-order valence-electron chi connectivity index (χ1n) is 5.51. The Hall–Kier alpha value is -1.69. The lowest BCUT2D eigenvalue weighted by Gasteiger charge is -2.02. The van der Waals surface area contributed by atoms with Gasteiger partial charge in [-0.05, 0) is 18.2 Å². The highest BCUT2D eigenvalue weighted by atomic mass is 35.5. The molecule has 3 rings (SSSR count). The molecule has 0 atom stereocenters. The van der Waals surface area contributed by atoms with Crippen LogP contribution in [-0.2, 0) is 0 Å². The molecule has 20 heavy (non-hydrogen) atoms. The highest BCUT2D eigenvalue weighted by molar-refractivity contribution is 7.22. The average Bonchev–Trinajstić information content (AvgIpc) is 2.80. The van der Waals surface area contributed by atoms with Crippen molar-refractivity contribution in [2.45, 2.75) is 0 Å². The van der Waals surface area contributed by atoms with E-state index in [9.17, 15) is 4.79 Å². The highest BCUT2D eigenvalue weighted by Gasteiger charge is 2.11. The van der Waals surface area contributed by atoms with Gasteiger partial charge in [-0.3, -0.25) is 0 Å². The molecule has 1 aromatic carbocycles. The second-order valence-electron chi connectivity index (χ2n) is 3.99. The average molecular weight is 325 g/mol. The fourth-order valence-corrected chi connectivity index (χ4v) is 3.12. The van der Waals surface area contributed by atoms with Gasteiger partial charge in [-0.1, -0.05) is 35.3 Å². The Morgan fingerprint density at radius 1 is 1.15 bits per heavy atom. The Kier molecular flexibility index (Phi) is 3.33. The van der Waals surface area contributed by atoms with Gasteiger partial charge in [0.1, 0.15) is 9.98 Å². The van der Waals surface area contributed by atoms with Crippen molar-refractivity contribution >= 4 is 50.7 Å². The smallest absolute Gasteiger partial charge is 0.335 e. The Morgan fingerprint density at radius 2 is 1.85 bits per heavy atom. The van der Waals surface area contributed by atoms with E-state index in [-0.39, 0.29) is 5.56 Å². The number of carboxylic acids is 1. The summed E-state index contributed by atoms with van der Waals surface area (Å²) >= 11 is 13.4. The molecule has 2 aromatic heterocycles. The summed E-state index contributed by atoms with van der Waals surface area (Å²) in [4.78, 5) is 20.1. The van der Waals surface area contributed by atoms with Crippen molar-refractivity contribution in [2.75, 3.05) is 0 Å². The summed E-state index contributed by atoms with van der Waals surface area (Å²) in [6.07, 6.45) is 0. The zero-order valence-electron chi connectivity index (χ0n) is 9.80. The zero-order chi connectivity index (χ0) is 14.3. The van der Waals surface area contributed by atoms with Crippen molar-refractivity contribution in [3.8, 4) is 11.4 Å². The van der Waals surface area contributed by atoms with E-state index in [0.29, 0.717) is 31.1 Å². The SMILES string of the molecule is O=C(O)c1ccc(-c2nc(Cl)c3cc(Cl)sc3n2)cc1. The lowest BCUT2D eigenvalue weighted by Crippen LogP contribution is -1.96. The quantitative estimate of drug-likeness (QED) is 0.711. The minimum Gasteiger partial charge on any atom is -0.478 e. The van der Waals surface area contributed by atoms with Gasteiger partial charge in [0.2, 0.25) is 0 Å². The fraction of sp³-hybridized carbons (Fsp3) is 0. The maximum Gasteiger partial charge on any atom is 0.335 e. The van der Waals surface area contributed by atoms with Gasteiger partial charge in [-0.2, -0.15) is 0 Å². The standard InChI is InChI=1S/C13H6Cl2N2O2S/c14-9-5-8-10(15)16-11(17-12(8)20-9)6-1-3-7(4-2-6)13(18)19/h1-5H,(H,18,19). The van der Waals surface area contributed by atoms with Crippen molar-refractivity contribution in [1.29, 1.82) is 0 Å². The second kappa shape index (κ2) is 5.01. The van der Waals surface area contributed by atoms with Crippen LogP contribution in [0.4, 0.5) is 0 Å². The van der Waals surface area contributed by atoms with Crippen molar-refractivity contribution in [3.63, 3.8) is 0 Å². The van der Waals surface area contributed by atoms with Crippen molar-refractivity contribution in [1.82, 2.24) is 9.97 Å². The van der Waals surface area contributed by atoms with Crippen LogP contribution in [0.5, 0.6) is 0 Å². The summed E-state index contributed by atoms with van der Waals surface area (Å²) in [5.41, 5.74) is 0.906.